The summed E-state index contributed by atoms with van der Waals surface area (Å²) in [6.45, 7) is 1.78. The summed E-state index contributed by atoms with van der Waals surface area (Å²) in [5, 5.41) is 14.6. The summed E-state index contributed by atoms with van der Waals surface area (Å²) in [6.07, 6.45) is 1.11. The fraction of sp³-hybridized carbons (Fsp3) is 0.385. The van der Waals surface area contributed by atoms with Gasteiger partial charge in [-0.1, -0.05) is 34.8 Å². The van der Waals surface area contributed by atoms with Crippen LogP contribution in [0, 0.1) is 0 Å². The molecule has 5 nitrogen and oxygen atoms in total. The normalized spacial score (nSPS) is 11.8. The van der Waals surface area contributed by atoms with E-state index in [1.807, 2.05) is 0 Å². The van der Waals surface area contributed by atoms with Crippen molar-refractivity contribution in [1.29, 1.82) is 0 Å². The Balaban J connectivity index is 2.52. The van der Waals surface area contributed by atoms with Gasteiger partial charge in [-0.2, -0.15) is 0 Å². The molecule has 1 unspecified atom stereocenters. The molecule has 0 saturated carbocycles. The second-order valence-corrected chi connectivity index (χ2v) is 5.78. The molecule has 3 N–H and O–H groups in total. The summed E-state index contributed by atoms with van der Waals surface area (Å²) in [4.78, 5) is 22.2. The van der Waals surface area contributed by atoms with Gasteiger partial charge in [-0.25, -0.2) is 4.79 Å². The van der Waals surface area contributed by atoms with Gasteiger partial charge in [-0.05, 0) is 31.9 Å². The van der Waals surface area contributed by atoms with Crippen LogP contribution >= 0.6 is 34.8 Å². The average Bonchev–Trinajstić information content (AvgIpc) is 2.33. The molecule has 0 spiro atoms. The van der Waals surface area contributed by atoms with Gasteiger partial charge in [-0.3, -0.25) is 4.79 Å². The van der Waals surface area contributed by atoms with Gasteiger partial charge in [0.15, 0.2) is 0 Å². The molecule has 0 heterocycles. The van der Waals surface area contributed by atoms with Crippen molar-refractivity contribution in [2.45, 2.75) is 32.2 Å². The lowest BCUT2D eigenvalue weighted by Crippen LogP contribution is -2.36. The molecule has 8 heteroatoms. The molecule has 21 heavy (non-hydrogen) atoms. The van der Waals surface area contributed by atoms with E-state index in [2.05, 4.69) is 10.6 Å². The van der Waals surface area contributed by atoms with Gasteiger partial charge in [0, 0.05) is 17.5 Å². The fourth-order valence-electron chi connectivity index (χ4n) is 1.67. The second-order valence-electron chi connectivity index (χ2n) is 4.53. The molecular weight excluding hydrogens is 339 g/mol. The number of aliphatic carboxylic acids is 1. The molecule has 1 aromatic carbocycles. The van der Waals surface area contributed by atoms with E-state index < -0.39 is 12.0 Å². The van der Waals surface area contributed by atoms with Gasteiger partial charge in [0.05, 0.1) is 15.7 Å². The Morgan fingerprint density at radius 1 is 1.24 bits per heavy atom. The van der Waals surface area contributed by atoms with Crippen molar-refractivity contribution >= 4 is 52.5 Å². The van der Waals surface area contributed by atoms with Crippen molar-refractivity contribution in [3.63, 3.8) is 0 Å². The largest absolute Gasteiger partial charge is 0.481 e. The van der Waals surface area contributed by atoms with Gasteiger partial charge in [0.2, 0.25) is 0 Å². The molecule has 2 amide bonds. The summed E-state index contributed by atoms with van der Waals surface area (Å²) in [7, 11) is 0. The van der Waals surface area contributed by atoms with Crippen molar-refractivity contribution in [2.24, 2.45) is 0 Å². The van der Waals surface area contributed by atoms with Gasteiger partial charge in [-0.15, -0.1) is 0 Å². The van der Waals surface area contributed by atoms with Gasteiger partial charge >= 0.3 is 12.0 Å². The minimum Gasteiger partial charge on any atom is -0.481 e. The average molecular weight is 354 g/mol. The molecule has 0 fully saturated rings. The SMILES string of the molecule is CC(CCCC(=O)O)NC(=O)Nc1c(Cl)cc(Cl)cc1Cl. The summed E-state index contributed by atoms with van der Waals surface area (Å²) >= 11 is 17.7. The molecule has 0 bridgehead atoms. The predicted molar refractivity (Wildman–Crippen MR) is 84.6 cm³/mol. The number of benzene rings is 1. The highest BCUT2D eigenvalue weighted by atomic mass is 35.5. The fourth-order valence-corrected chi connectivity index (χ4v) is 2.58. The number of hydrogen-bond donors (Lipinski definition) is 3. The first kappa shape index (κ1) is 17.9. The third-order valence-corrected chi connectivity index (χ3v) is 3.47. The van der Waals surface area contributed by atoms with E-state index in [-0.39, 0.29) is 28.2 Å². The standard InChI is InChI=1S/C13H15Cl3N2O3/c1-7(3-2-4-11(19)20)17-13(21)18-12-9(15)5-8(14)6-10(12)16/h5-7H,2-4H2,1H3,(H,19,20)(H2,17,18,21). The van der Waals surface area contributed by atoms with Crippen LogP contribution in [-0.4, -0.2) is 23.1 Å². The quantitative estimate of drug-likeness (QED) is 0.708. The van der Waals surface area contributed by atoms with Gasteiger partial charge in [0.1, 0.15) is 0 Å². The monoisotopic (exact) mass is 352 g/mol. The molecule has 1 atom stereocenters. The van der Waals surface area contributed by atoms with E-state index >= 15 is 0 Å². The lowest BCUT2D eigenvalue weighted by Gasteiger charge is -2.15. The lowest BCUT2D eigenvalue weighted by atomic mass is 10.1. The molecule has 0 aliphatic carbocycles. The minimum atomic E-state index is -0.855. The Morgan fingerprint density at radius 2 is 1.81 bits per heavy atom. The zero-order valence-electron chi connectivity index (χ0n) is 11.3. The number of hydrogen-bond acceptors (Lipinski definition) is 2. The van der Waals surface area contributed by atoms with Crippen LogP contribution in [0.25, 0.3) is 0 Å². The first-order valence-electron chi connectivity index (χ1n) is 6.23. The number of carboxylic acid groups (broad SMARTS) is 1. The highest BCUT2D eigenvalue weighted by molar-refractivity contribution is 6.42. The topological polar surface area (TPSA) is 78.4 Å². The first-order valence-corrected chi connectivity index (χ1v) is 7.37. The maximum atomic E-state index is 11.8. The van der Waals surface area contributed by atoms with Crippen molar-refractivity contribution in [3.8, 4) is 0 Å². The zero-order valence-corrected chi connectivity index (χ0v) is 13.5. The van der Waals surface area contributed by atoms with Crippen molar-refractivity contribution in [2.75, 3.05) is 5.32 Å². The van der Waals surface area contributed by atoms with Crippen molar-refractivity contribution in [3.05, 3.63) is 27.2 Å². The van der Waals surface area contributed by atoms with E-state index in [4.69, 9.17) is 39.9 Å². The van der Waals surface area contributed by atoms with Crippen molar-refractivity contribution < 1.29 is 14.7 Å². The maximum absolute atomic E-state index is 11.8. The van der Waals surface area contributed by atoms with E-state index in [0.717, 1.165) is 0 Å². The number of carbonyl (C=O) groups excluding carboxylic acids is 1. The van der Waals surface area contributed by atoms with E-state index in [0.29, 0.717) is 17.9 Å². The molecule has 116 valence electrons. The Bertz CT molecular complexity index is 514. The summed E-state index contributed by atoms with van der Waals surface area (Å²) in [5.74, 6) is -0.855. The van der Waals surface area contributed by atoms with Crippen LogP contribution in [-0.2, 0) is 4.79 Å². The van der Waals surface area contributed by atoms with E-state index in [9.17, 15) is 9.59 Å². The van der Waals surface area contributed by atoms with Crippen molar-refractivity contribution in [1.82, 2.24) is 5.32 Å². The number of halogens is 3. The molecule has 0 aromatic heterocycles. The highest BCUT2D eigenvalue weighted by Gasteiger charge is 2.13. The number of carboxylic acids is 1. The molecule has 0 saturated heterocycles. The molecule has 0 aliphatic heterocycles. The van der Waals surface area contributed by atoms with Crippen LogP contribution in [0.5, 0.6) is 0 Å². The van der Waals surface area contributed by atoms with Gasteiger partial charge in [0.25, 0.3) is 0 Å². The van der Waals surface area contributed by atoms with Crippen LogP contribution in [0.15, 0.2) is 12.1 Å². The molecule has 1 rings (SSSR count). The second kappa shape index (κ2) is 8.32. The number of anilines is 1. The van der Waals surface area contributed by atoms with Crippen LogP contribution in [0.3, 0.4) is 0 Å². The Labute approximate surface area is 137 Å². The predicted octanol–water partition coefficient (Wildman–Crippen LogP) is 4.41. The van der Waals surface area contributed by atoms with E-state index in [1.54, 1.807) is 6.92 Å². The molecule has 0 aliphatic rings. The summed E-state index contributed by atoms with van der Waals surface area (Å²) < 4.78 is 0. The van der Waals surface area contributed by atoms with Crippen LogP contribution < -0.4 is 10.6 Å². The summed E-state index contributed by atoms with van der Waals surface area (Å²) in [6, 6.07) is 2.31. The Hall–Kier alpha value is -1.17. The molecule has 1 aromatic rings. The lowest BCUT2D eigenvalue weighted by molar-refractivity contribution is -0.137. The smallest absolute Gasteiger partial charge is 0.319 e. The van der Waals surface area contributed by atoms with Crippen LogP contribution in [0.1, 0.15) is 26.2 Å². The number of rotatable bonds is 6. The number of nitrogens with one attached hydrogen (secondary N) is 2. The number of urea groups is 1. The summed E-state index contributed by atoms with van der Waals surface area (Å²) in [5.41, 5.74) is 0.276. The maximum Gasteiger partial charge on any atom is 0.319 e. The third-order valence-electron chi connectivity index (χ3n) is 2.65. The third kappa shape index (κ3) is 6.42. The molecular formula is C13H15Cl3N2O3. The van der Waals surface area contributed by atoms with E-state index in [1.165, 1.54) is 12.1 Å². The zero-order chi connectivity index (χ0) is 16.0. The Kier molecular flexibility index (Phi) is 7.08. The number of amides is 2. The van der Waals surface area contributed by atoms with Crippen LogP contribution in [0.2, 0.25) is 15.1 Å². The first-order chi connectivity index (χ1) is 9.79. The number of carbonyl (C=O) groups is 2. The Morgan fingerprint density at radius 3 is 2.33 bits per heavy atom. The highest BCUT2D eigenvalue weighted by Crippen LogP contribution is 2.33. The van der Waals surface area contributed by atoms with Gasteiger partial charge < -0.3 is 15.7 Å². The van der Waals surface area contributed by atoms with Crippen LogP contribution in [0.4, 0.5) is 10.5 Å². The minimum absolute atomic E-state index is 0.0719. The molecule has 0 radical (unpaired) electrons.